The molecule has 134 valence electrons. The number of rotatable bonds is 7. The molecule has 0 aliphatic heterocycles. The van der Waals surface area contributed by atoms with Crippen LogP contribution in [0.3, 0.4) is 0 Å². The van der Waals surface area contributed by atoms with Crippen LogP contribution in [-0.4, -0.2) is 42.3 Å². The summed E-state index contributed by atoms with van der Waals surface area (Å²) in [4.78, 5) is 20.6. The first-order valence-corrected chi connectivity index (χ1v) is 8.55. The van der Waals surface area contributed by atoms with Crippen LogP contribution in [0, 0.1) is 12.1 Å². The Hall–Kier alpha value is -2.91. The number of methoxy groups -OCH3 is 1. The van der Waals surface area contributed by atoms with Crippen LogP contribution in [0.1, 0.15) is 30.6 Å². The molecule has 0 unspecified atom stereocenters. The summed E-state index contributed by atoms with van der Waals surface area (Å²) < 4.78 is 10.3. The first-order chi connectivity index (χ1) is 12.6. The number of nitrogens with zero attached hydrogens (tertiary/aromatic N) is 2. The minimum Gasteiger partial charge on any atom is -0.465 e. The second kappa shape index (κ2) is 7.98. The largest absolute Gasteiger partial charge is 0.465 e. The maximum atomic E-state index is 11.8. The molecular formula is C20H21N3O3. The summed E-state index contributed by atoms with van der Waals surface area (Å²) in [6.45, 7) is 5.46. The van der Waals surface area contributed by atoms with Crippen molar-refractivity contribution in [2.75, 3.05) is 25.6 Å². The molecule has 0 aliphatic rings. The van der Waals surface area contributed by atoms with Gasteiger partial charge in [0.2, 0.25) is 0 Å². The van der Waals surface area contributed by atoms with Crippen molar-refractivity contribution in [2.45, 2.75) is 26.4 Å². The van der Waals surface area contributed by atoms with Crippen LogP contribution < -0.4 is 5.32 Å². The third-order valence-electron chi connectivity index (χ3n) is 3.91. The lowest BCUT2D eigenvalue weighted by Gasteiger charge is -2.11. The highest BCUT2D eigenvalue weighted by molar-refractivity contribution is 6.09. The molecule has 0 fully saturated rings. The van der Waals surface area contributed by atoms with Gasteiger partial charge in [-0.3, -0.25) is 4.98 Å². The van der Waals surface area contributed by atoms with Gasteiger partial charge in [0.1, 0.15) is 11.4 Å². The van der Waals surface area contributed by atoms with E-state index in [9.17, 15) is 4.79 Å². The quantitative estimate of drug-likeness (QED) is 0.519. The molecule has 2 aromatic heterocycles. The number of esters is 1. The molecule has 0 saturated heterocycles. The van der Waals surface area contributed by atoms with Gasteiger partial charge in [-0.15, -0.1) is 0 Å². The van der Waals surface area contributed by atoms with Gasteiger partial charge < -0.3 is 14.8 Å². The lowest BCUT2D eigenvalue weighted by Crippen LogP contribution is -2.10. The number of carbonyl (C=O) groups is 1. The molecule has 0 aliphatic carbocycles. The molecule has 0 amide bonds. The normalized spacial score (nSPS) is 10.9. The SMILES string of the molecule is COC(=O)c1c#cc2c(c1)nc(NCCCOC(C)C)c1ccncc12. The molecule has 0 radical (unpaired) electrons. The standard InChI is InChI=1S/C20H21N3O3/c1-13(2)26-10-4-8-22-19-16-7-9-21-12-17(16)15-6-5-14(20(24)25-3)11-18(15)23-19/h7,9,11-13H,4,8,10H2,1-3H3,(H,22,23). The Kier molecular flexibility index (Phi) is 5.49. The van der Waals surface area contributed by atoms with Crippen molar-refractivity contribution >= 4 is 33.5 Å². The Morgan fingerprint density at radius 2 is 2.15 bits per heavy atom. The van der Waals surface area contributed by atoms with Crippen LogP contribution in [0.4, 0.5) is 5.82 Å². The van der Waals surface area contributed by atoms with E-state index in [4.69, 9.17) is 9.47 Å². The number of hydrogen-bond donors (Lipinski definition) is 1. The van der Waals surface area contributed by atoms with E-state index in [1.54, 1.807) is 18.5 Å². The van der Waals surface area contributed by atoms with Crippen LogP contribution in [0.15, 0.2) is 24.5 Å². The van der Waals surface area contributed by atoms with Gasteiger partial charge in [-0.1, -0.05) is 12.1 Å². The Bertz CT molecular complexity index is 925. The maximum absolute atomic E-state index is 11.8. The monoisotopic (exact) mass is 351 g/mol. The molecule has 1 N–H and O–H groups in total. The minimum absolute atomic E-state index is 0.226. The molecule has 6 nitrogen and oxygen atoms in total. The summed E-state index contributed by atoms with van der Waals surface area (Å²) in [7, 11) is 1.34. The molecular weight excluding hydrogens is 330 g/mol. The Labute approximate surface area is 152 Å². The number of ether oxygens (including phenoxy) is 2. The number of anilines is 1. The van der Waals surface area contributed by atoms with Gasteiger partial charge in [0.15, 0.2) is 0 Å². The predicted molar refractivity (Wildman–Crippen MR) is 100 cm³/mol. The molecule has 6 heteroatoms. The topological polar surface area (TPSA) is 73.3 Å². The fraction of sp³-hybridized carbons (Fsp3) is 0.350. The zero-order valence-electron chi connectivity index (χ0n) is 15.1. The lowest BCUT2D eigenvalue weighted by atomic mass is 10.1. The minimum atomic E-state index is -0.462. The molecule has 3 rings (SSSR count). The maximum Gasteiger partial charge on any atom is 0.346 e. The number of nitrogens with one attached hydrogen (secondary N) is 1. The van der Waals surface area contributed by atoms with Crippen molar-refractivity contribution in [3.05, 3.63) is 42.2 Å². The van der Waals surface area contributed by atoms with Crippen molar-refractivity contribution in [3.63, 3.8) is 0 Å². The van der Waals surface area contributed by atoms with E-state index in [1.165, 1.54) is 7.11 Å². The van der Waals surface area contributed by atoms with Crippen molar-refractivity contribution in [3.8, 4) is 0 Å². The fourth-order valence-electron chi connectivity index (χ4n) is 2.67. The van der Waals surface area contributed by atoms with Crippen molar-refractivity contribution in [1.82, 2.24) is 9.97 Å². The molecule has 0 bridgehead atoms. The first-order valence-electron chi connectivity index (χ1n) is 8.55. The van der Waals surface area contributed by atoms with Gasteiger partial charge in [0, 0.05) is 36.3 Å². The summed E-state index contributed by atoms with van der Waals surface area (Å²) in [5.41, 5.74) is 0.942. The van der Waals surface area contributed by atoms with E-state index >= 15 is 0 Å². The van der Waals surface area contributed by atoms with E-state index < -0.39 is 5.97 Å². The van der Waals surface area contributed by atoms with Crippen LogP contribution in [0.25, 0.3) is 21.7 Å². The van der Waals surface area contributed by atoms with Gasteiger partial charge in [-0.2, -0.15) is 0 Å². The molecule has 0 saturated carbocycles. The molecule has 1 aromatic carbocycles. The van der Waals surface area contributed by atoms with E-state index in [0.29, 0.717) is 17.7 Å². The predicted octanol–water partition coefficient (Wildman–Crippen LogP) is 3.40. The zero-order valence-corrected chi connectivity index (χ0v) is 15.1. The highest BCUT2D eigenvalue weighted by Gasteiger charge is 2.11. The van der Waals surface area contributed by atoms with E-state index in [2.05, 4.69) is 27.4 Å². The molecule has 2 heterocycles. The van der Waals surface area contributed by atoms with Gasteiger partial charge >= 0.3 is 5.97 Å². The third kappa shape index (κ3) is 3.84. The fourth-order valence-corrected chi connectivity index (χ4v) is 2.67. The van der Waals surface area contributed by atoms with Crippen LogP contribution >= 0.6 is 0 Å². The summed E-state index contributed by atoms with van der Waals surface area (Å²) in [5, 5.41) is 5.99. The number of pyridine rings is 2. The van der Waals surface area contributed by atoms with E-state index in [0.717, 1.165) is 34.9 Å². The number of aromatic nitrogens is 2. The summed E-state index contributed by atoms with van der Waals surface area (Å²) in [5.74, 6) is 0.284. The second-order valence-electron chi connectivity index (χ2n) is 6.14. The van der Waals surface area contributed by atoms with Crippen LogP contribution in [0.5, 0.6) is 0 Å². The third-order valence-corrected chi connectivity index (χ3v) is 3.91. The molecule has 0 atom stereocenters. The number of hydrogen-bond acceptors (Lipinski definition) is 6. The van der Waals surface area contributed by atoms with Gasteiger partial charge in [-0.05, 0) is 32.4 Å². The molecule has 3 aromatic rings. The smallest absolute Gasteiger partial charge is 0.346 e. The summed E-state index contributed by atoms with van der Waals surface area (Å²) in [6, 6.07) is 9.43. The molecule has 0 spiro atoms. The van der Waals surface area contributed by atoms with Gasteiger partial charge in [0.05, 0.1) is 24.1 Å². The average molecular weight is 351 g/mol. The second-order valence-corrected chi connectivity index (χ2v) is 6.14. The molecule has 26 heavy (non-hydrogen) atoms. The van der Waals surface area contributed by atoms with Crippen LogP contribution in [0.2, 0.25) is 0 Å². The Morgan fingerprint density at radius 1 is 1.31 bits per heavy atom. The van der Waals surface area contributed by atoms with E-state index in [-0.39, 0.29) is 6.10 Å². The Morgan fingerprint density at radius 3 is 2.92 bits per heavy atom. The first kappa shape index (κ1) is 17.9. The van der Waals surface area contributed by atoms with E-state index in [1.807, 2.05) is 19.9 Å². The van der Waals surface area contributed by atoms with Crippen LogP contribution in [-0.2, 0) is 9.47 Å². The van der Waals surface area contributed by atoms with Crippen molar-refractivity contribution < 1.29 is 14.3 Å². The summed E-state index contributed by atoms with van der Waals surface area (Å²) in [6.07, 6.45) is 4.60. The highest BCUT2D eigenvalue weighted by atomic mass is 16.5. The lowest BCUT2D eigenvalue weighted by molar-refractivity contribution is 0.0601. The average Bonchev–Trinajstić information content (AvgIpc) is 2.66. The highest BCUT2D eigenvalue weighted by Crippen LogP contribution is 2.27. The van der Waals surface area contributed by atoms with Gasteiger partial charge in [-0.25, -0.2) is 9.78 Å². The summed E-state index contributed by atoms with van der Waals surface area (Å²) >= 11 is 0. The van der Waals surface area contributed by atoms with Crippen molar-refractivity contribution in [2.24, 2.45) is 0 Å². The number of carbonyl (C=O) groups excluding carboxylic acids is 1. The van der Waals surface area contributed by atoms with Crippen molar-refractivity contribution in [1.29, 1.82) is 0 Å². The zero-order chi connectivity index (χ0) is 18.5. The van der Waals surface area contributed by atoms with Gasteiger partial charge in [0.25, 0.3) is 0 Å². The Balaban J connectivity index is 1.93. The number of fused-ring (bicyclic) bond motifs is 3.